The van der Waals surface area contributed by atoms with Gasteiger partial charge in [-0.25, -0.2) is 14.4 Å². The van der Waals surface area contributed by atoms with Crippen molar-refractivity contribution in [2.45, 2.75) is 5.92 Å². The summed E-state index contributed by atoms with van der Waals surface area (Å²) >= 11 is 0. The largest absolute Gasteiger partial charge is 0.325 e. The molecule has 0 aromatic heterocycles. The van der Waals surface area contributed by atoms with Gasteiger partial charge in [0.15, 0.2) is 0 Å². The second kappa shape index (κ2) is 7.19. The van der Waals surface area contributed by atoms with Gasteiger partial charge in [-0.05, 0) is 35.0 Å². The normalized spacial score (nSPS) is 18.5. The van der Waals surface area contributed by atoms with Gasteiger partial charge in [-0.2, -0.15) is 4.39 Å². The first-order valence-corrected chi connectivity index (χ1v) is 9.58. The van der Waals surface area contributed by atoms with Crippen molar-refractivity contribution in [2.75, 3.05) is 0 Å². The van der Waals surface area contributed by atoms with Crippen molar-refractivity contribution >= 4 is 22.4 Å². The van der Waals surface area contributed by atoms with Crippen LogP contribution < -0.4 is 5.32 Å². The fourth-order valence-corrected chi connectivity index (χ4v) is 3.57. The molecule has 0 aliphatic carbocycles. The van der Waals surface area contributed by atoms with Gasteiger partial charge in [0, 0.05) is 16.7 Å². The van der Waals surface area contributed by atoms with Crippen LogP contribution in [0, 0.1) is 5.82 Å². The molecule has 3 nitrogen and oxygen atoms in total. The van der Waals surface area contributed by atoms with Gasteiger partial charge in [0.05, 0.1) is 0 Å². The highest BCUT2D eigenvalue weighted by molar-refractivity contribution is 6.20. The Kier molecular flexibility index (Phi) is 4.36. The Morgan fingerprint density at radius 3 is 2.13 bits per heavy atom. The lowest BCUT2D eigenvalue weighted by molar-refractivity contribution is 0.188. The Labute approximate surface area is 172 Å². The zero-order chi connectivity index (χ0) is 20.6. The number of halogens is 2. The van der Waals surface area contributed by atoms with Gasteiger partial charge < -0.3 is 5.32 Å². The first kappa shape index (κ1) is 18.2. The maximum atomic E-state index is 16.2. The van der Waals surface area contributed by atoms with Gasteiger partial charge in [-0.3, -0.25) is 0 Å². The standard InChI is InChI=1S/C25H17F2N3/c26-20-15-13-19(14-16-20)25(27)29-23(18-8-2-1-3-9-18)28-24(30-25)22-12-6-10-17-7-4-5-11-21(17)22/h1-16H,(H,28,29,30). The lowest BCUT2D eigenvalue weighted by atomic mass is 10.0. The van der Waals surface area contributed by atoms with Crippen LogP contribution in [0.1, 0.15) is 16.7 Å². The molecule has 5 rings (SSSR count). The molecule has 0 radical (unpaired) electrons. The molecule has 4 aromatic rings. The topological polar surface area (TPSA) is 36.8 Å². The van der Waals surface area contributed by atoms with E-state index in [1.807, 2.05) is 72.8 Å². The lowest BCUT2D eigenvalue weighted by Gasteiger charge is -2.27. The van der Waals surface area contributed by atoms with Crippen molar-refractivity contribution in [1.82, 2.24) is 5.32 Å². The zero-order valence-electron chi connectivity index (χ0n) is 15.9. The summed E-state index contributed by atoms with van der Waals surface area (Å²) in [4.78, 5) is 8.61. The van der Waals surface area contributed by atoms with Crippen LogP contribution >= 0.6 is 0 Å². The average Bonchev–Trinajstić information content (AvgIpc) is 2.79. The van der Waals surface area contributed by atoms with E-state index in [1.165, 1.54) is 24.3 Å². The van der Waals surface area contributed by atoms with Crippen molar-refractivity contribution in [3.8, 4) is 0 Å². The molecule has 1 atom stereocenters. The molecule has 0 fully saturated rings. The first-order valence-electron chi connectivity index (χ1n) is 9.58. The number of hydrogen-bond donors (Lipinski definition) is 1. The fraction of sp³-hybridized carbons (Fsp3) is 0.0400. The van der Waals surface area contributed by atoms with Crippen LogP contribution in [0.15, 0.2) is 107 Å². The van der Waals surface area contributed by atoms with E-state index >= 15 is 4.39 Å². The number of nitrogens with one attached hydrogen (secondary N) is 1. The number of aliphatic imine (C=N–C) groups is 2. The highest BCUT2D eigenvalue weighted by Crippen LogP contribution is 2.34. The second-order valence-corrected chi connectivity index (χ2v) is 7.03. The molecule has 1 N–H and O–H groups in total. The third kappa shape index (κ3) is 3.24. The number of hydrogen-bond acceptors (Lipinski definition) is 3. The Hall–Kier alpha value is -3.86. The molecule has 0 amide bonds. The monoisotopic (exact) mass is 397 g/mol. The van der Waals surface area contributed by atoms with E-state index in [4.69, 9.17) is 0 Å². The summed E-state index contributed by atoms with van der Waals surface area (Å²) in [7, 11) is 0. The highest BCUT2D eigenvalue weighted by atomic mass is 19.2. The number of fused-ring (bicyclic) bond motifs is 1. The Morgan fingerprint density at radius 1 is 0.667 bits per heavy atom. The van der Waals surface area contributed by atoms with Gasteiger partial charge in [0.1, 0.15) is 17.5 Å². The molecule has 1 unspecified atom stereocenters. The molecule has 4 aromatic carbocycles. The first-order chi connectivity index (χ1) is 14.6. The van der Waals surface area contributed by atoms with Crippen molar-refractivity contribution in [3.63, 3.8) is 0 Å². The molecular formula is C25H17F2N3. The van der Waals surface area contributed by atoms with E-state index in [1.54, 1.807) is 0 Å². The van der Waals surface area contributed by atoms with E-state index in [-0.39, 0.29) is 5.56 Å². The third-order valence-corrected chi connectivity index (χ3v) is 5.06. The molecule has 1 aliphatic rings. The number of alkyl halides is 1. The third-order valence-electron chi connectivity index (χ3n) is 5.06. The van der Waals surface area contributed by atoms with Crippen LogP contribution in [0.3, 0.4) is 0 Å². The van der Waals surface area contributed by atoms with Crippen LogP contribution in [-0.2, 0) is 5.92 Å². The van der Waals surface area contributed by atoms with Gasteiger partial charge >= 0.3 is 5.92 Å². The number of nitrogens with zero attached hydrogens (tertiary/aromatic N) is 2. The SMILES string of the molecule is Fc1ccc(C2(F)N=C(c3ccccc3)NC(c3cccc4ccccc34)=N2)cc1. The lowest BCUT2D eigenvalue weighted by Crippen LogP contribution is -2.40. The highest BCUT2D eigenvalue weighted by Gasteiger charge is 2.36. The smallest absolute Gasteiger partial charge is 0.324 e. The van der Waals surface area contributed by atoms with E-state index < -0.39 is 11.7 Å². The van der Waals surface area contributed by atoms with Crippen molar-refractivity contribution in [1.29, 1.82) is 0 Å². The van der Waals surface area contributed by atoms with Crippen LogP contribution in [-0.4, -0.2) is 11.7 Å². The maximum absolute atomic E-state index is 16.2. The van der Waals surface area contributed by atoms with Crippen molar-refractivity contribution in [2.24, 2.45) is 9.98 Å². The van der Waals surface area contributed by atoms with Gasteiger partial charge in [0.2, 0.25) is 0 Å². The van der Waals surface area contributed by atoms with E-state index in [0.717, 1.165) is 21.9 Å². The molecule has 1 aliphatic heterocycles. The molecule has 30 heavy (non-hydrogen) atoms. The number of rotatable bonds is 3. The molecule has 146 valence electrons. The maximum Gasteiger partial charge on any atom is 0.325 e. The Morgan fingerprint density at radius 2 is 1.33 bits per heavy atom. The van der Waals surface area contributed by atoms with Crippen LogP contribution in [0.5, 0.6) is 0 Å². The molecule has 5 heteroatoms. The summed E-state index contributed by atoms with van der Waals surface area (Å²) in [6.45, 7) is 0. The number of amidine groups is 2. The van der Waals surface area contributed by atoms with Crippen LogP contribution in [0.25, 0.3) is 10.8 Å². The molecular weight excluding hydrogens is 380 g/mol. The van der Waals surface area contributed by atoms with Gasteiger partial charge in [-0.1, -0.05) is 72.8 Å². The van der Waals surface area contributed by atoms with E-state index in [0.29, 0.717) is 11.7 Å². The number of benzene rings is 4. The van der Waals surface area contributed by atoms with Crippen LogP contribution in [0.2, 0.25) is 0 Å². The molecule has 0 bridgehead atoms. The van der Waals surface area contributed by atoms with Gasteiger partial charge in [0.25, 0.3) is 0 Å². The zero-order valence-corrected chi connectivity index (χ0v) is 15.9. The summed E-state index contributed by atoms with van der Waals surface area (Å²) < 4.78 is 29.6. The second-order valence-electron chi connectivity index (χ2n) is 7.03. The van der Waals surface area contributed by atoms with Crippen molar-refractivity contribution < 1.29 is 8.78 Å². The predicted molar refractivity (Wildman–Crippen MR) is 116 cm³/mol. The van der Waals surface area contributed by atoms with Crippen LogP contribution in [0.4, 0.5) is 8.78 Å². The summed E-state index contributed by atoms with van der Waals surface area (Å²) in [6.07, 6.45) is 0. The van der Waals surface area contributed by atoms with Gasteiger partial charge in [-0.15, -0.1) is 0 Å². The summed E-state index contributed by atoms with van der Waals surface area (Å²) in [5.74, 6) is -2.09. The quantitative estimate of drug-likeness (QED) is 0.452. The molecule has 0 spiro atoms. The minimum absolute atomic E-state index is 0.163. The Balaban J connectivity index is 1.71. The summed E-state index contributed by atoms with van der Waals surface area (Å²) in [6, 6.07) is 28.1. The minimum atomic E-state index is -2.38. The summed E-state index contributed by atoms with van der Waals surface area (Å²) in [5.41, 5.74) is 1.66. The van der Waals surface area contributed by atoms with Crippen molar-refractivity contribution in [3.05, 3.63) is 120 Å². The Bertz CT molecular complexity index is 1280. The van der Waals surface area contributed by atoms with E-state index in [2.05, 4.69) is 15.3 Å². The average molecular weight is 397 g/mol. The minimum Gasteiger partial charge on any atom is -0.324 e. The molecule has 0 saturated heterocycles. The fourth-order valence-electron chi connectivity index (χ4n) is 3.57. The predicted octanol–water partition coefficient (Wildman–Crippen LogP) is 5.56. The summed E-state index contributed by atoms with van der Waals surface area (Å²) in [5, 5.41) is 5.17. The van der Waals surface area contributed by atoms with E-state index in [9.17, 15) is 4.39 Å². The molecule has 1 heterocycles. The molecule has 0 saturated carbocycles.